The molecule has 1 fully saturated rings. The summed E-state index contributed by atoms with van der Waals surface area (Å²) < 4.78 is 12.6. The summed E-state index contributed by atoms with van der Waals surface area (Å²) in [6.07, 6.45) is 5.70. The highest BCUT2D eigenvalue weighted by Crippen LogP contribution is 2.22. The molecule has 76 valence electrons. The van der Waals surface area contributed by atoms with Crippen molar-refractivity contribution in [2.45, 2.75) is 11.7 Å². The Labute approximate surface area is 86.7 Å². The number of hydrogen-bond acceptors (Lipinski definition) is 4. The molecule has 0 spiro atoms. The number of thioether (sulfide) groups is 1. The van der Waals surface area contributed by atoms with Gasteiger partial charge >= 0.3 is 0 Å². The molecule has 14 heavy (non-hydrogen) atoms. The van der Waals surface area contributed by atoms with Gasteiger partial charge in [0.15, 0.2) is 5.82 Å². The average Bonchev–Trinajstić information content (AvgIpc) is 2.67. The highest BCUT2D eigenvalue weighted by molar-refractivity contribution is 7.99. The van der Waals surface area contributed by atoms with Gasteiger partial charge in [-0.15, -0.1) is 0 Å². The Kier molecular flexibility index (Phi) is 2.86. The summed E-state index contributed by atoms with van der Waals surface area (Å²) in [6.45, 7) is 1.93. The molecule has 0 radical (unpaired) electrons. The van der Waals surface area contributed by atoms with Gasteiger partial charge in [-0.2, -0.15) is 11.8 Å². The third-order valence-electron chi connectivity index (χ3n) is 2.37. The van der Waals surface area contributed by atoms with Crippen LogP contribution in [0, 0.1) is 5.82 Å². The molecule has 1 atom stereocenters. The van der Waals surface area contributed by atoms with Crippen molar-refractivity contribution in [3.8, 4) is 0 Å². The average molecular weight is 213 g/mol. The predicted molar refractivity (Wildman–Crippen MR) is 56.1 cm³/mol. The Bertz CT molecular complexity index is 303. The Balaban J connectivity index is 2.06. The van der Waals surface area contributed by atoms with Crippen molar-refractivity contribution < 1.29 is 4.39 Å². The Morgan fingerprint density at radius 3 is 2.79 bits per heavy atom. The summed E-state index contributed by atoms with van der Waals surface area (Å²) >= 11 is 1.86. The highest BCUT2D eigenvalue weighted by Gasteiger charge is 2.23. The predicted octanol–water partition coefficient (Wildman–Crippen LogP) is 1.56. The fourth-order valence-electron chi connectivity index (χ4n) is 1.57. The van der Waals surface area contributed by atoms with Gasteiger partial charge in [0.1, 0.15) is 0 Å². The van der Waals surface area contributed by atoms with E-state index in [1.165, 1.54) is 12.4 Å². The first-order valence-electron chi connectivity index (χ1n) is 4.55. The first-order chi connectivity index (χ1) is 6.79. The largest absolute Gasteiger partial charge is 0.340 e. The van der Waals surface area contributed by atoms with Crippen LogP contribution in [0.5, 0.6) is 0 Å². The van der Waals surface area contributed by atoms with E-state index in [9.17, 15) is 4.39 Å². The summed E-state index contributed by atoms with van der Waals surface area (Å²) in [6, 6.07) is 0. The third-order valence-corrected chi connectivity index (χ3v) is 3.42. The molecule has 1 aromatic heterocycles. The lowest BCUT2D eigenvalue weighted by atomic mass is 10.4. The molecule has 0 unspecified atom stereocenters. The van der Waals surface area contributed by atoms with Gasteiger partial charge in [0.25, 0.3) is 0 Å². The van der Waals surface area contributed by atoms with Crippen LogP contribution in [0.3, 0.4) is 0 Å². The van der Waals surface area contributed by atoms with E-state index in [0.717, 1.165) is 19.5 Å². The second-order valence-corrected chi connectivity index (χ2v) is 4.43. The maximum absolute atomic E-state index is 12.6. The SMILES string of the molecule is CS[C@H]1CCN(c2ncc(F)cn2)C1. The quantitative estimate of drug-likeness (QED) is 0.745. The van der Waals surface area contributed by atoms with E-state index in [1.807, 2.05) is 11.8 Å². The molecule has 2 heterocycles. The zero-order valence-corrected chi connectivity index (χ0v) is 8.80. The van der Waals surface area contributed by atoms with E-state index in [0.29, 0.717) is 11.2 Å². The molecule has 0 saturated carbocycles. The van der Waals surface area contributed by atoms with Crippen LogP contribution in [0.4, 0.5) is 10.3 Å². The molecule has 1 aliphatic heterocycles. The van der Waals surface area contributed by atoms with Gasteiger partial charge in [-0.05, 0) is 12.7 Å². The number of nitrogens with zero attached hydrogens (tertiary/aromatic N) is 3. The molecular weight excluding hydrogens is 201 g/mol. The Hall–Kier alpha value is -0.840. The van der Waals surface area contributed by atoms with Crippen molar-refractivity contribution in [3.05, 3.63) is 18.2 Å². The first kappa shape index (κ1) is 9.71. The summed E-state index contributed by atoms with van der Waals surface area (Å²) in [4.78, 5) is 10.0. The van der Waals surface area contributed by atoms with Crippen molar-refractivity contribution in [3.63, 3.8) is 0 Å². The van der Waals surface area contributed by atoms with Crippen LogP contribution in [-0.4, -0.2) is 34.6 Å². The maximum atomic E-state index is 12.6. The number of anilines is 1. The third kappa shape index (κ3) is 1.97. The van der Waals surface area contributed by atoms with Crippen LogP contribution in [0.25, 0.3) is 0 Å². The van der Waals surface area contributed by atoms with Gasteiger partial charge in [-0.3, -0.25) is 0 Å². The standard InChI is InChI=1S/C9H12FN3S/c1-14-8-2-3-13(6-8)9-11-4-7(10)5-12-9/h4-5,8H,2-3,6H2,1H3/t8-/m0/s1. The first-order valence-corrected chi connectivity index (χ1v) is 5.83. The molecule has 0 bridgehead atoms. The van der Waals surface area contributed by atoms with Crippen molar-refractivity contribution in [1.29, 1.82) is 0 Å². The smallest absolute Gasteiger partial charge is 0.225 e. The molecular formula is C9H12FN3S. The van der Waals surface area contributed by atoms with Crippen molar-refractivity contribution >= 4 is 17.7 Å². The van der Waals surface area contributed by atoms with Crippen LogP contribution in [0.2, 0.25) is 0 Å². The van der Waals surface area contributed by atoms with Crippen molar-refractivity contribution in [1.82, 2.24) is 9.97 Å². The molecule has 5 heteroatoms. The molecule has 1 aliphatic rings. The van der Waals surface area contributed by atoms with Gasteiger partial charge in [0, 0.05) is 18.3 Å². The van der Waals surface area contributed by atoms with Crippen LogP contribution in [0.1, 0.15) is 6.42 Å². The number of rotatable bonds is 2. The lowest BCUT2D eigenvalue weighted by Crippen LogP contribution is -2.22. The van der Waals surface area contributed by atoms with Gasteiger partial charge in [0.05, 0.1) is 12.4 Å². The second kappa shape index (κ2) is 4.13. The minimum absolute atomic E-state index is 0.380. The maximum Gasteiger partial charge on any atom is 0.225 e. The number of hydrogen-bond donors (Lipinski definition) is 0. The Morgan fingerprint density at radius 2 is 2.21 bits per heavy atom. The minimum atomic E-state index is -0.380. The highest BCUT2D eigenvalue weighted by atomic mass is 32.2. The fraction of sp³-hybridized carbons (Fsp3) is 0.556. The summed E-state index contributed by atoms with van der Waals surface area (Å²) in [5, 5.41) is 0.656. The van der Waals surface area contributed by atoms with Gasteiger partial charge in [-0.25, -0.2) is 14.4 Å². The van der Waals surface area contributed by atoms with E-state index in [-0.39, 0.29) is 5.82 Å². The summed E-state index contributed by atoms with van der Waals surface area (Å²) in [5.41, 5.74) is 0. The van der Waals surface area contributed by atoms with Crippen LogP contribution in [0.15, 0.2) is 12.4 Å². The van der Waals surface area contributed by atoms with Crippen LogP contribution < -0.4 is 4.90 Å². The topological polar surface area (TPSA) is 29.0 Å². The molecule has 2 rings (SSSR count). The molecule has 0 aliphatic carbocycles. The molecule has 0 N–H and O–H groups in total. The molecule has 3 nitrogen and oxygen atoms in total. The second-order valence-electron chi connectivity index (χ2n) is 3.29. The molecule has 1 saturated heterocycles. The normalized spacial score (nSPS) is 21.6. The van der Waals surface area contributed by atoms with E-state index in [4.69, 9.17) is 0 Å². The zero-order valence-electron chi connectivity index (χ0n) is 7.98. The zero-order chi connectivity index (χ0) is 9.97. The summed E-state index contributed by atoms with van der Waals surface area (Å²) in [7, 11) is 0. The minimum Gasteiger partial charge on any atom is -0.340 e. The van der Waals surface area contributed by atoms with E-state index < -0.39 is 0 Å². The monoisotopic (exact) mass is 213 g/mol. The van der Waals surface area contributed by atoms with Crippen LogP contribution in [-0.2, 0) is 0 Å². The fourth-order valence-corrected chi connectivity index (χ4v) is 2.24. The van der Waals surface area contributed by atoms with Gasteiger partial charge in [0.2, 0.25) is 5.95 Å². The molecule has 0 amide bonds. The van der Waals surface area contributed by atoms with Crippen molar-refractivity contribution in [2.75, 3.05) is 24.2 Å². The number of aromatic nitrogens is 2. The van der Waals surface area contributed by atoms with Gasteiger partial charge < -0.3 is 4.90 Å². The van der Waals surface area contributed by atoms with Crippen LogP contribution >= 0.6 is 11.8 Å². The number of halogens is 1. The van der Waals surface area contributed by atoms with E-state index >= 15 is 0 Å². The summed E-state index contributed by atoms with van der Waals surface area (Å²) in [5.74, 6) is 0.261. The molecule has 1 aromatic rings. The van der Waals surface area contributed by atoms with Gasteiger partial charge in [-0.1, -0.05) is 0 Å². The lowest BCUT2D eigenvalue weighted by Gasteiger charge is -2.14. The van der Waals surface area contributed by atoms with Crippen molar-refractivity contribution in [2.24, 2.45) is 0 Å². The van der Waals surface area contributed by atoms with E-state index in [1.54, 1.807) is 0 Å². The van der Waals surface area contributed by atoms with E-state index in [2.05, 4.69) is 21.1 Å². The Morgan fingerprint density at radius 1 is 1.50 bits per heavy atom. The lowest BCUT2D eigenvalue weighted by molar-refractivity contribution is 0.612. The molecule has 0 aromatic carbocycles.